The minimum Gasteiger partial charge on any atom is -0.380 e. The summed E-state index contributed by atoms with van der Waals surface area (Å²) in [4.78, 5) is 4.43. The monoisotopic (exact) mass is 346 g/mol. The average Bonchev–Trinajstić information content (AvgIpc) is 2.48. The second-order valence-corrected chi connectivity index (χ2v) is 5.78. The van der Waals surface area contributed by atoms with E-state index in [9.17, 15) is 0 Å². The first-order valence-corrected chi connectivity index (χ1v) is 7.42. The lowest BCUT2D eigenvalue weighted by Gasteiger charge is -2.08. The molecular weight excluding hydrogens is 336 g/mol. The Morgan fingerprint density at radius 3 is 2.80 bits per heavy atom. The molecule has 1 N–H and O–H groups in total. The number of hydrogen-bond donors (Lipinski definition) is 1. The number of fused-ring (bicyclic) bond motifs is 1. The summed E-state index contributed by atoms with van der Waals surface area (Å²) < 4.78 is 0.912. The molecule has 0 spiro atoms. The molecule has 3 aromatic rings. The lowest BCUT2D eigenvalue weighted by Crippen LogP contribution is -1.99. The van der Waals surface area contributed by atoms with Crippen molar-refractivity contribution in [3.8, 4) is 0 Å². The van der Waals surface area contributed by atoms with Gasteiger partial charge in [0.25, 0.3) is 0 Å². The maximum Gasteiger partial charge on any atom is 0.0703 e. The van der Waals surface area contributed by atoms with Crippen LogP contribution in [0.2, 0.25) is 5.02 Å². The topological polar surface area (TPSA) is 24.9 Å². The Morgan fingerprint density at radius 2 is 1.95 bits per heavy atom. The second-order valence-electron chi connectivity index (χ2n) is 4.52. The molecule has 3 rings (SSSR count). The third-order valence-corrected chi connectivity index (χ3v) is 4.29. The number of benzene rings is 2. The molecule has 2 nitrogen and oxygen atoms in total. The van der Waals surface area contributed by atoms with Gasteiger partial charge in [0.15, 0.2) is 0 Å². The third-order valence-electron chi connectivity index (χ3n) is 3.07. The van der Waals surface area contributed by atoms with Gasteiger partial charge < -0.3 is 5.32 Å². The smallest absolute Gasteiger partial charge is 0.0703 e. The zero-order valence-electron chi connectivity index (χ0n) is 10.6. The standard InChI is InChI=1S/C16H12BrClN2/c17-14-7-11(5-6-15(14)18)9-19-13-8-12-3-1-2-4-16(12)20-10-13/h1-8,10,19H,9H2. The summed E-state index contributed by atoms with van der Waals surface area (Å²) in [5, 5.41) is 5.23. The number of nitrogens with zero attached hydrogens (tertiary/aromatic N) is 1. The fourth-order valence-electron chi connectivity index (χ4n) is 2.02. The van der Waals surface area contributed by atoms with Gasteiger partial charge in [-0.05, 0) is 45.8 Å². The first kappa shape index (κ1) is 13.4. The summed E-state index contributed by atoms with van der Waals surface area (Å²) >= 11 is 9.42. The molecule has 1 aromatic heterocycles. The van der Waals surface area contributed by atoms with Crippen molar-refractivity contribution >= 4 is 44.1 Å². The van der Waals surface area contributed by atoms with Crippen molar-refractivity contribution < 1.29 is 0 Å². The zero-order valence-corrected chi connectivity index (χ0v) is 12.9. The first-order valence-electron chi connectivity index (χ1n) is 6.25. The maximum atomic E-state index is 5.99. The quantitative estimate of drug-likeness (QED) is 0.699. The van der Waals surface area contributed by atoms with Crippen LogP contribution in [0.5, 0.6) is 0 Å². The fraction of sp³-hybridized carbons (Fsp3) is 0.0625. The van der Waals surface area contributed by atoms with Gasteiger partial charge >= 0.3 is 0 Å². The summed E-state index contributed by atoms with van der Waals surface area (Å²) in [7, 11) is 0. The van der Waals surface area contributed by atoms with Gasteiger partial charge in [-0.1, -0.05) is 35.9 Å². The van der Waals surface area contributed by atoms with Gasteiger partial charge in [-0.25, -0.2) is 0 Å². The highest BCUT2D eigenvalue weighted by Crippen LogP contribution is 2.24. The molecule has 4 heteroatoms. The second kappa shape index (κ2) is 5.81. The number of pyridine rings is 1. The Kier molecular flexibility index (Phi) is 3.90. The van der Waals surface area contributed by atoms with E-state index in [2.05, 4.69) is 38.4 Å². The first-order chi connectivity index (χ1) is 9.72. The van der Waals surface area contributed by atoms with Crippen molar-refractivity contribution in [2.45, 2.75) is 6.54 Å². The Labute approximate surface area is 130 Å². The molecule has 0 unspecified atom stereocenters. The normalized spacial score (nSPS) is 10.7. The Bertz CT molecular complexity index is 758. The molecule has 2 aromatic carbocycles. The third kappa shape index (κ3) is 2.94. The highest BCUT2D eigenvalue weighted by Gasteiger charge is 2.00. The fourth-order valence-corrected chi connectivity index (χ4v) is 2.57. The van der Waals surface area contributed by atoms with Crippen molar-refractivity contribution in [3.05, 3.63) is 69.8 Å². The van der Waals surface area contributed by atoms with Crippen molar-refractivity contribution in [1.29, 1.82) is 0 Å². The van der Waals surface area contributed by atoms with Crippen molar-refractivity contribution in [2.24, 2.45) is 0 Å². The zero-order chi connectivity index (χ0) is 13.9. The number of para-hydroxylation sites is 1. The van der Waals surface area contributed by atoms with Gasteiger partial charge in [-0.15, -0.1) is 0 Å². The lowest BCUT2D eigenvalue weighted by atomic mass is 10.2. The Hall–Kier alpha value is -1.58. The van der Waals surface area contributed by atoms with Crippen LogP contribution in [0.4, 0.5) is 5.69 Å². The van der Waals surface area contributed by atoms with E-state index in [-0.39, 0.29) is 0 Å². The molecular formula is C16H12BrClN2. The molecule has 0 aliphatic carbocycles. The van der Waals surface area contributed by atoms with E-state index in [1.54, 1.807) is 0 Å². The van der Waals surface area contributed by atoms with Crippen LogP contribution in [0.3, 0.4) is 0 Å². The molecule has 0 radical (unpaired) electrons. The maximum absolute atomic E-state index is 5.99. The number of aromatic nitrogens is 1. The van der Waals surface area contributed by atoms with Crippen LogP contribution in [0.1, 0.15) is 5.56 Å². The molecule has 0 bridgehead atoms. The van der Waals surface area contributed by atoms with Crippen LogP contribution >= 0.6 is 27.5 Å². The number of halogens is 2. The van der Waals surface area contributed by atoms with Gasteiger partial charge in [0.1, 0.15) is 0 Å². The number of hydrogen-bond acceptors (Lipinski definition) is 2. The molecule has 0 aliphatic heterocycles. The van der Waals surface area contributed by atoms with Crippen LogP contribution in [0.25, 0.3) is 10.9 Å². The van der Waals surface area contributed by atoms with Gasteiger partial charge in [0.05, 0.1) is 22.4 Å². The van der Waals surface area contributed by atoms with Crippen LogP contribution in [0.15, 0.2) is 59.2 Å². The van der Waals surface area contributed by atoms with E-state index in [4.69, 9.17) is 11.6 Å². The van der Waals surface area contributed by atoms with Crippen LogP contribution in [-0.2, 0) is 6.54 Å². The van der Waals surface area contributed by atoms with Crippen molar-refractivity contribution in [3.63, 3.8) is 0 Å². The van der Waals surface area contributed by atoms with E-state index in [1.807, 2.05) is 42.6 Å². The number of nitrogens with one attached hydrogen (secondary N) is 1. The molecule has 0 fully saturated rings. The molecule has 0 aliphatic rings. The minimum absolute atomic E-state index is 0.723. The summed E-state index contributed by atoms with van der Waals surface area (Å²) in [6.45, 7) is 0.732. The van der Waals surface area contributed by atoms with Gasteiger partial charge in [0.2, 0.25) is 0 Å². The summed E-state index contributed by atoms with van der Waals surface area (Å²) in [6.07, 6.45) is 1.85. The summed E-state index contributed by atoms with van der Waals surface area (Å²) in [5.41, 5.74) is 3.18. The minimum atomic E-state index is 0.723. The Morgan fingerprint density at radius 1 is 1.10 bits per heavy atom. The van der Waals surface area contributed by atoms with Gasteiger partial charge in [-0.3, -0.25) is 4.98 Å². The molecule has 0 saturated heterocycles. The number of rotatable bonds is 3. The molecule has 0 amide bonds. The van der Waals surface area contributed by atoms with Crippen LogP contribution < -0.4 is 5.32 Å². The van der Waals surface area contributed by atoms with Gasteiger partial charge in [0, 0.05) is 16.4 Å². The largest absolute Gasteiger partial charge is 0.380 e. The van der Waals surface area contributed by atoms with E-state index in [0.29, 0.717) is 0 Å². The predicted octanol–water partition coefficient (Wildman–Crippen LogP) is 5.26. The van der Waals surface area contributed by atoms with E-state index in [1.165, 1.54) is 0 Å². The predicted molar refractivity (Wildman–Crippen MR) is 88.2 cm³/mol. The van der Waals surface area contributed by atoms with Crippen LogP contribution in [-0.4, -0.2) is 4.98 Å². The lowest BCUT2D eigenvalue weighted by molar-refractivity contribution is 1.14. The highest BCUT2D eigenvalue weighted by molar-refractivity contribution is 9.10. The molecule has 0 saturated carbocycles. The van der Waals surface area contributed by atoms with Crippen molar-refractivity contribution in [2.75, 3.05) is 5.32 Å². The van der Waals surface area contributed by atoms with Crippen molar-refractivity contribution in [1.82, 2.24) is 4.98 Å². The van der Waals surface area contributed by atoms with Gasteiger partial charge in [-0.2, -0.15) is 0 Å². The van der Waals surface area contributed by atoms with E-state index >= 15 is 0 Å². The average molecular weight is 348 g/mol. The SMILES string of the molecule is Clc1ccc(CNc2cnc3ccccc3c2)cc1Br. The van der Waals surface area contributed by atoms with E-state index < -0.39 is 0 Å². The highest BCUT2D eigenvalue weighted by atomic mass is 79.9. The number of anilines is 1. The van der Waals surface area contributed by atoms with E-state index in [0.717, 1.165) is 38.2 Å². The molecule has 100 valence electrons. The molecule has 0 atom stereocenters. The molecule has 1 heterocycles. The summed E-state index contributed by atoms with van der Waals surface area (Å²) in [6, 6.07) is 16.1. The molecule has 20 heavy (non-hydrogen) atoms. The Balaban J connectivity index is 1.77. The summed E-state index contributed by atoms with van der Waals surface area (Å²) in [5.74, 6) is 0. The van der Waals surface area contributed by atoms with Crippen LogP contribution in [0, 0.1) is 0 Å².